The zero-order chi connectivity index (χ0) is 13.1. The van der Waals surface area contributed by atoms with Crippen LogP contribution in [-0.4, -0.2) is 30.6 Å². The molecule has 2 aliphatic rings. The third kappa shape index (κ3) is 3.18. The van der Waals surface area contributed by atoms with Crippen LogP contribution >= 0.6 is 0 Å². The first kappa shape index (κ1) is 13.1. The molecule has 0 aromatic heterocycles. The number of likely N-dealkylation sites (tertiary alicyclic amines) is 1. The van der Waals surface area contributed by atoms with E-state index in [9.17, 15) is 0 Å². The molecular weight excluding hydrogens is 232 g/mol. The highest BCUT2D eigenvalue weighted by molar-refractivity contribution is 5.14. The van der Waals surface area contributed by atoms with E-state index in [0.29, 0.717) is 0 Å². The molecule has 2 unspecified atom stereocenters. The van der Waals surface area contributed by atoms with Crippen molar-refractivity contribution >= 4 is 0 Å². The van der Waals surface area contributed by atoms with Crippen molar-refractivity contribution in [3.8, 4) is 0 Å². The van der Waals surface area contributed by atoms with Gasteiger partial charge in [-0.2, -0.15) is 0 Å². The van der Waals surface area contributed by atoms with Gasteiger partial charge in [0.1, 0.15) is 0 Å². The van der Waals surface area contributed by atoms with Gasteiger partial charge in [0, 0.05) is 12.6 Å². The monoisotopic (exact) mass is 258 g/mol. The number of nitrogens with zero attached hydrogens (tertiary/aromatic N) is 1. The van der Waals surface area contributed by atoms with Gasteiger partial charge in [0.25, 0.3) is 0 Å². The highest BCUT2D eigenvalue weighted by Gasteiger charge is 2.32. The van der Waals surface area contributed by atoms with Crippen molar-refractivity contribution in [1.82, 2.24) is 10.2 Å². The lowest BCUT2D eigenvalue weighted by Gasteiger charge is -2.36. The number of piperidine rings is 1. The molecule has 1 N–H and O–H groups in total. The second-order valence-electron chi connectivity index (χ2n) is 6.35. The Hall–Kier alpha value is -0.860. The van der Waals surface area contributed by atoms with Crippen LogP contribution in [0.3, 0.4) is 0 Å². The second kappa shape index (κ2) is 6.06. The zero-order valence-electron chi connectivity index (χ0n) is 12.0. The van der Waals surface area contributed by atoms with E-state index < -0.39 is 0 Å². The van der Waals surface area contributed by atoms with E-state index in [1.165, 1.54) is 44.5 Å². The van der Waals surface area contributed by atoms with Crippen LogP contribution in [-0.2, 0) is 6.54 Å². The maximum absolute atomic E-state index is 3.72. The van der Waals surface area contributed by atoms with Gasteiger partial charge < -0.3 is 5.32 Å². The maximum Gasteiger partial charge on any atom is 0.0233 e. The lowest BCUT2D eigenvalue weighted by atomic mass is 9.84. The smallest absolute Gasteiger partial charge is 0.0233 e. The quantitative estimate of drug-likeness (QED) is 0.897. The van der Waals surface area contributed by atoms with Crippen LogP contribution in [0.25, 0.3) is 0 Å². The van der Waals surface area contributed by atoms with Crippen LogP contribution in [0.1, 0.15) is 31.7 Å². The summed E-state index contributed by atoms with van der Waals surface area (Å²) in [5.41, 5.74) is 1.45. The molecule has 2 aliphatic heterocycles. The van der Waals surface area contributed by atoms with Gasteiger partial charge in [-0.25, -0.2) is 0 Å². The van der Waals surface area contributed by atoms with Crippen LogP contribution < -0.4 is 5.32 Å². The average molecular weight is 258 g/mol. The summed E-state index contributed by atoms with van der Waals surface area (Å²) < 4.78 is 0. The summed E-state index contributed by atoms with van der Waals surface area (Å²) in [4.78, 5) is 2.62. The van der Waals surface area contributed by atoms with E-state index in [1.807, 2.05) is 0 Å². The molecule has 0 bridgehead atoms. The Morgan fingerprint density at radius 2 is 1.84 bits per heavy atom. The van der Waals surface area contributed by atoms with E-state index in [1.54, 1.807) is 0 Å². The van der Waals surface area contributed by atoms with Crippen molar-refractivity contribution < 1.29 is 0 Å². The standard InChI is InChI=1S/C17H26N2/c1-14-7-10-18-17(14)16-8-11-19(12-9-16)13-15-5-3-2-4-6-15/h2-6,14,16-18H,7-13H2,1H3. The van der Waals surface area contributed by atoms with Gasteiger partial charge in [-0.15, -0.1) is 0 Å². The first-order valence-electron chi connectivity index (χ1n) is 7.82. The topological polar surface area (TPSA) is 15.3 Å². The summed E-state index contributed by atoms with van der Waals surface area (Å²) in [6, 6.07) is 11.7. The van der Waals surface area contributed by atoms with Gasteiger partial charge in [-0.3, -0.25) is 4.90 Å². The normalized spacial score (nSPS) is 29.7. The lowest BCUT2D eigenvalue weighted by molar-refractivity contribution is 0.147. The van der Waals surface area contributed by atoms with Crippen molar-refractivity contribution in [2.45, 2.75) is 38.8 Å². The summed E-state index contributed by atoms with van der Waals surface area (Å²) in [6.45, 7) is 7.31. The predicted octanol–water partition coefficient (Wildman–Crippen LogP) is 2.90. The van der Waals surface area contributed by atoms with E-state index in [2.05, 4.69) is 47.5 Å². The Kier molecular flexibility index (Phi) is 4.19. The maximum atomic E-state index is 3.72. The molecule has 0 saturated carbocycles. The first-order valence-corrected chi connectivity index (χ1v) is 7.82. The molecule has 2 nitrogen and oxygen atoms in total. The van der Waals surface area contributed by atoms with Crippen LogP contribution in [0.5, 0.6) is 0 Å². The van der Waals surface area contributed by atoms with Gasteiger partial charge in [-0.05, 0) is 56.3 Å². The van der Waals surface area contributed by atoms with Crippen molar-refractivity contribution in [1.29, 1.82) is 0 Å². The molecule has 1 aromatic carbocycles. The predicted molar refractivity (Wildman–Crippen MR) is 80.0 cm³/mol. The lowest BCUT2D eigenvalue weighted by Crippen LogP contribution is -2.42. The van der Waals surface area contributed by atoms with Gasteiger partial charge in [0.05, 0.1) is 0 Å². The first-order chi connectivity index (χ1) is 9.33. The van der Waals surface area contributed by atoms with Gasteiger partial charge in [0.15, 0.2) is 0 Å². The van der Waals surface area contributed by atoms with Crippen LogP contribution in [0, 0.1) is 11.8 Å². The van der Waals surface area contributed by atoms with Crippen molar-refractivity contribution in [3.63, 3.8) is 0 Å². The van der Waals surface area contributed by atoms with E-state index in [4.69, 9.17) is 0 Å². The van der Waals surface area contributed by atoms with Crippen LogP contribution in [0.15, 0.2) is 30.3 Å². The molecule has 0 radical (unpaired) electrons. The Morgan fingerprint density at radius 3 is 2.47 bits per heavy atom. The number of hydrogen-bond acceptors (Lipinski definition) is 2. The Morgan fingerprint density at radius 1 is 1.11 bits per heavy atom. The molecule has 2 saturated heterocycles. The molecule has 19 heavy (non-hydrogen) atoms. The largest absolute Gasteiger partial charge is 0.313 e. The molecule has 104 valence electrons. The molecule has 2 heterocycles. The van der Waals surface area contributed by atoms with Crippen molar-refractivity contribution in [2.24, 2.45) is 11.8 Å². The van der Waals surface area contributed by atoms with Crippen molar-refractivity contribution in [3.05, 3.63) is 35.9 Å². The summed E-state index contributed by atoms with van der Waals surface area (Å²) >= 11 is 0. The fourth-order valence-corrected chi connectivity index (χ4v) is 3.80. The van der Waals surface area contributed by atoms with Gasteiger partial charge >= 0.3 is 0 Å². The fourth-order valence-electron chi connectivity index (χ4n) is 3.80. The summed E-state index contributed by atoms with van der Waals surface area (Å²) in [7, 11) is 0. The second-order valence-corrected chi connectivity index (χ2v) is 6.35. The third-order valence-electron chi connectivity index (χ3n) is 4.98. The van der Waals surface area contributed by atoms with E-state index >= 15 is 0 Å². The Labute approximate surface area is 117 Å². The summed E-state index contributed by atoms with van der Waals surface area (Å²) in [6.07, 6.45) is 4.11. The molecule has 0 spiro atoms. The molecule has 2 heteroatoms. The molecule has 2 fully saturated rings. The number of benzene rings is 1. The zero-order valence-corrected chi connectivity index (χ0v) is 12.0. The van der Waals surface area contributed by atoms with Crippen LogP contribution in [0.4, 0.5) is 0 Å². The van der Waals surface area contributed by atoms with Gasteiger partial charge in [0.2, 0.25) is 0 Å². The Bertz CT molecular complexity index is 382. The van der Waals surface area contributed by atoms with Gasteiger partial charge in [-0.1, -0.05) is 37.3 Å². The van der Waals surface area contributed by atoms with Crippen molar-refractivity contribution in [2.75, 3.05) is 19.6 Å². The highest BCUT2D eigenvalue weighted by Crippen LogP contribution is 2.29. The SMILES string of the molecule is CC1CCNC1C1CCN(Cc2ccccc2)CC1. The number of rotatable bonds is 3. The van der Waals surface area contributed by atoms with Crippen LogP contribution in [0.2, 0.25) is 0 Å². The minimum Gasteiger partial charge on any atom is -0.313 e. The van der Waals surface area contributed by atoms with E-state index in [0.717, 1.165) is 24.4 Å². The van der Waals surface area contributed by atoms with E-state index in [-0.39, 0.29) is 0 Å². The highest BCUT2D eigenvalue weighted by atomic mass is 15.1. The number of hydrogen-bond donors (Lipinski definition) is 1. The summed E-state index contributed by atoms with van der Waals surface area (Å²) in [5.74, 6) is 1.79. The molecule has 0 aliphatic carbocycles. The minimum atomic E-state index is 0.791. The fraction of sp³-hybridized carbons (Fsp3) is 0.647. The number of nitrogens with one attached hydrogen (secondary N) is 1. The molecule has 1 aromatic rings. The molecular formula is C17H26N2. The Balaban J connectivity index is 1.49. The average Bonchev–Trinajstić information content (AvgIpc) is 2.87. The summed E-state index contributed by atoms with van der Waals surface area (Å²) in [5, 5.41) is 3.72. The molecule has 3 rings (SSSR count). The molecule has 2 atom stereocenters. The third-order valence-corrected chi connectivity index (χ3v) is 4.98. The minimum absolute atomic E-state index is 0.791. The molecule has 0 amide bonds.